The molecule has 0 spiro atoms. The Morgan fingerprint density at radius 2 is 1.19 bits per heavy atom. The number of hydrogen-bond donors (Lipinski definition) is 3. The number of carboxylic acids is 2. The van der Waals surface area contributed by atoms with Gasteiger partial charge in [0.15, 0.2) is 0 Å². The molecule has 0 atom stereocenters. The van der Waals surface area contributed by atoms with Gasteiger partial charge in [0.1, 0.15) is 0 Å². The molecule has 0 heterocycles. The molecule has 0 aliphatic heterocycles. The fraction of sp³-hybridized carbons (Fsp3) is 0.333. The maximum atomic E-state index is 10.9. The molecule has 3 N–H and O–H groups in total. The van der Waals surface area contributed by atoms with Gasteiger partial charge < -0.3 is 15.3 Å². The van der Waals surface area contributed by atoms with E-state index in [4.69, 9.17) is 61.7 Å². The summed E-state index contributed by atoms with van der Waals surface area (Å²) in [6, 6.07) is 0. The van der Waals surface area contributed by atoms with Gasteiger partial charge in [-0.3, -0.25) is 0 Å². The van der Waals surface area contributed by atoms with E-state index in [0.717, 1.165) is 12.8 Å². The van der Waals surface area contributed by atoms with Gasteiger partial charge in [0.05, 0.1) is 31.2 Å². The van der Waals surface area contributed by atoms with Crippen LogP contribution in [0, 0.1) is 0 Å². The highest BCUT2D eigenvalue weighted by atomic mass is 35.5. The van der Waals surface area contributed by atoms with Crippen LogP contribution in [-0.2, 0) is 0 Å². The molecule has 1 aromatic carbocycles. The Kier molecular flexibility index (Phi) is 9.01. The lowest BCUT2D eigenvalue weighted by Crippen LogP contribution is -2.10. The van der Waals surface area contributed by atoms with Crippen LogP contribution in [0.15, 0.2) is 0 Å². The van der Waals surface area contributed by atoms with Gasteiger partial charge >= 0.3 is 11.9 Å². The molecule has 0 aliphatic carbocycles. The van der Waals surface area contributed by atoms with E-state index in [-0.39, 0.29) is 10.0 Å². The normalized spacial score (nSPS) is 9.81. The maximum absolute atomic E-state index is 10.9. The SMILES string of the molecule is CCCCO.O=C(O)c1c(Cl)c(Cl)c(Cl)c(Cl)c1C(=O)O. The molecule has 21 heavy (non-hydrogen) atoms. The Labute approximate surface area is 141 Å². The van der Waals surface area contributed by atoms with Gasteiger partial charge in [0, 0.05) is 6.61 Å². The third kappa shape index (κ3) is 5.20. The van der Waals surface area contributed by atoms with Crippen molar-refractivity contribution in [2.75, 3.05) is 6.61 Å². The second kappa shape index (κ2) is 9.33. The molecule has 1 aromatic rings. The van der Waals surface area contributed by atoms with E-state index < -0.39 is 33.1 Å². The molecule has 0 fully saturated rings. The van der Waals surface area contributed by atoms with E-state index in [0.29, 0.717) is 6.61 Å². The molecular weight excluding hydrogens is 366 g/mol. The summed E-state index contributed by atoms with van der Waals surface area (Å²) in [6.07, 6.45) is 2.04. The first kappa shape index (κ1) is 20.3. The fourth-order valence-electron chi connectivity index (χ4n) is 1.19. The number of unbranched alkanes of at least 4 members (excludes halogenated alkanes) is 1. The number of aliphatic hydroxyl groups excluding tert-OH is 1. The Balaban J connectivity index is 0.000000690. The van der Waals surface area contributed by atoms with Crippen molar-refractivity contribution in [2.24, 2.45) is 0 Å². The van der Waals surface area contributed by atoms with Crippen LogP contribution >= 0.6 is 46.4 Å². The predicted molar refractivity (Wildman–Crippen MR) is 82.4 cm³/mol. The van der Waals surface area contributed by atoms with Crippen molar-refractivity contribution >= 4 is 58.3 Å². The van der Waals surface area contributed by atoms with Crippen molar-refractivity contribution in [3.8, 4) is 0 Å². The summed E-state index contributed by atoms with van der Waals surface area (Å²) < 4.78 is 0. The maximum Gasteiger partial charge on any atom is 0.338 e. The van der Waals surface area contributed by atoms with E-state index in [9.17, 15) is 9.59 Å². The van der Waals surface area contributed by atoms with E-state index in [1.807, 2.05) is 0 Å². The lowest BCUT2D eigenvalue weighted by molar-refractivity contribution is 0.0652. The average Bonchev–Trinajstić information content (AvgIpc) is 2.41. The monoisotopic (exact) mass is 376 g/mol. The highest BCUT2D eigenvalue weighted by Crippen LogP contribution is 2.41. The van der Waals surface area contributed by atoms with Gasteiger partial charge in [0.2, 0.25) is 0 Å². The second-order valence-electron chi connectivity index (χ2n) is 3.69. The van der Waals surface area contributed by atoms with Crippen molar-refractivity contribution < 1.29 is 24.9 Å². The smallest absolute Gasteiger partial charge is 0.338 e. The molecule has 0 saturated heterocycles. The zero-order chi connectivity index (χ0) is 16.7. The van der Waals surface area contributed by atoms with Gasteiger partial charge in [-0.25, -0.2) is 9.59 Å². The van der Waals surface area contributed by atoms with Crippen molar-refractivity contribution in [1.82, 2.24) is 0 Å². The lowest BCUT2D eigenvalue weighted by Gasteiger charge is -2.10. The number of benzene rings is 1. The van der Waals surface area contributed by atoms with E-state index in [1.165, 1.54) is 0 Å². The molecular formula is C12H12Cl4O5. The van der Waals surface area contributed by atoms with Gasteiger partial charge in [0.25, 0.3) is 0 Å². The van der Waals surface area contributed by atoms with Gasteiger partial charge in [-0.2, -0.15) is 0 Å². The predicted octanol–water partition coefficient (Wildman–Crippen LogP) is 4.48. The van der Waals surface area contributed by atoms with E-state index >= 15 is 0 Å². The minimum absolute atomic E-state index is 0.296. The highest BCUT2D eigenvalue weighted by Gasteiger charge is 2.28. The highest BCUT2D eigenvalue weighted by molar-refractivity contribution is 6.53. The molecule has 0 aromatic heterocycles. The van der Waals surface area contributed by atoms with Crippen LogP contribution in [-0.4, -0.2) is 33.9 Å². The standard InChI is InChI=1S/C8H2Cl4O4.C4H10O/c9-3-1(7(13)14)2(8(15)16)4(10)6(12)5(3)11;1-2-3-4-5/h(H,13,14)(H,15,16);5H,2-4H2,1H3. The summed E-state index contributed by atoms with van der Waals surface area (Å²) in [5.74, 6) is -3.11. The van der Waals surface area contributed by atoms with Gasteiger partial charge in [-0.15, -0.1) is 0 Å². The summed E-state index contributed by atoms with van der Waals surface area (Å²) in [5.41, 5.74) is -1.37. The van der Waals surface area contributed by atoms with Crippen molar-refractivity contribution in [3.05, 3.63) is 31.2 Å². The minimum Gasteiger partial charge on any atom is -0.478 e. The van der Waals surface area contributed by atoms with E-state index in [1.54, 1.807) is 0 Å². The first-order chi connectivity index (χ1) is 9.70. The van der Waals surface area contributed by atoms with Crippen LogP contribution < -0.4 is 0 Å². The third-order valence-corrected chi connectivity index (χ3v) is 4.01. The molecule has 1 rings (SSSR count). The molecule has 5 nitrogen and oxygen atoms in total. The van der Waals surface area contributed by atoms with Crippen molar-refractivity contribution in [1.29, 1.82) is 0 Å². The summed E-state index contributed by atoms with van der Waals surface area (Å²) in [4.78, 5) is 21.7. The Bertz CT molecular complexity index is 498. The zero-order valence-electron chi connectivity index (χ0n) is 10.8. The Morgan fingerprint density at radius 3 is 1.33 bits per heavy atom. The summed E-state index contributed by atoms with van der Waals surface area (Å²) >= 11 is 22.4. The minimum atomic E-state index is -1.55. The quantitative estimate of drug-likeness (QED) is 0.531. The summed E-state index contributed by atoms with van der Waals surface area (Å²) in [5, 5.41) is 24.2. The molecule has 118 valence electrons. The van der Waals surface area contributed by atoms with Crippen LogP contribution in [0.25, 0.3) is 0 Å². The topological polar surface area (TPSA) is 94.8 Å². The number of halogens is 4. The molecule has 9 heteroatoms. The lowest BCUT2D eigenvalue weighted by atomic mass is 10.1. The number of aromatic carboxylic acids is 2. The van der Waals surface area contributed by atoms with Crippen LogP contribution in [0.1, 0.15) is 40.5 Å². The third-order valence-electron chi connectivity index (χ3n) is 2.21. The molecule has 0 aliphatic rings. The molecule has 0 radical (unpaired) electrons. The van der Waals surface area contributed by atoms with Gasteiger partial charge in [-0.1, -0.05) is 59.7 Å². The van der Waals surface area contributed by atoms with Crippen LogP contribution in [0.4, 0.5) is 0 Å². The summed E-state index contributed by atoms with van der Waals surface area (Å²) in [7, 11) is 0. The average molecular weight is 378 g/mol. The number of rotatable bonds is 4. The zero-order valence-corrected chi connectivity index (χ0v) is 13.8. The molecule has 0 amide bonds. The van der Waals surface area contributed by atoms with Crippen LogP contribution in [0.3, 0.4) is 0 Å². The molecule has 0 bridgehead atoms. The first-order valence-electron chi connectivity index (χ1n) is 5.63. The van der Waals surface area contributed by atoms with Crippen LogP contribution in [0.5, 0.6) is 0 Å². The number of carbonyl (C=O) groups is 2. The molecule has 0 unspecified atom stereocenters. The Morgan fingerprint density at radius 1 is 0.857 bits per heavy atom. The molecule has 0 saturated carbocycles. The second-order valence-corrected chi connectivity index (χ2v) is 5.21. The van der Waals surface area contributed by atoms with Crippen LogP contribution in [0.2, 0.25) is 20.1 Å². The first-order valence-corrected chi connectivity index (χ1v) is 7.15. The fourth-order valence-corrected chi connectivity index (χ4v) is 2.21. The largest absolute Gasteiger partial charge is 0.478 e. The number of aliphatic hydroxyl groups is 1. The Hall–Kier alpha value is -0.720. The van der Waals surface area contributed by atoms with Crippen molar-refractivity contribution in [2.45, 2.75) is 19.8 Å². The van der Waals surface area contributed by atoms with Gasteiger partial charge in [-0.05, 0) is 6.42 Å². The number of carboxylic acid groups (broad SMARTS) is 2. The summed E-state index contributed by atoms with van der Waals surface area (Å²) in [6.45, 7) is 2.40. The van der Waals surface area contributed by atoms with Crippen molar-refractivity contribution in [3.63, 3.8) is 0 Å². The number of hydrogen-bond acceptors (Lipinski definition) is 3. The van der Waals surface area contributed by atoms with E-state index in [2.05, 4.69) is 6.92 Å².